The highest BCUT2D eigenvalue weighted by atomic mass is 16.5. The number of methoxy groups -OCH3 is 2. The van der Waals surface area contributed by atoms with Gasteiger partial charge in [0.2, 0.25) is 0 Å². The minimum atomic E-state index is 0.103. The fraction of sp³-hybridized carbons (Fsp3) is 0.500. The molecule has 1 fully saturated rings. The van der Waals surface area contributed by atoms with Crippen LogP contribution in [0.25, 0.3) is 0 Å². The molecular formula is C24H34N4O2. The quantitative estimate of drug-likeness (QED) is 0.836. The van der Waals surface area contributed by atoms with Crippen LogP contribution in [0, 0.1) is 0 Å². The summed E-state index contributed by atoms with van der Waals surface area (Å²) in [6.07, 6.45) is 0.940. The summed E-state index contributed by atoms with van der Waals surface area (Å²) in [5, 5.41) is 2.23. The summed E-state index contributed by atoms with van der Waals surface area (Å²) in [6.45, 7) is 6.61. The SMILES string of the molecule is COc1cc2c(cc1OC)C(c1ccc(N3CCN(C)CC3)cc1)N(C)NC(C)C2. The molecule has 0 amide bonds. The molecular weight excluding hydrogens is 376 g/mol. The van der Waals surface area contributed by atoms with Gasteiger partial charge in [0.25, 0.3) is 0 Å². The fourth-order valence-electron chi connectivity index (χ4n) is 4.71. The van der Waals surface area contributed by atoms with Gasteiger partial charge in [-0.15, -0.1) is 0 Å². The topological polar surface area (TPSA) is 40.2 Å². The zero-order valence-electron chi connectivity index (χ0n) is 18.8. The third kappa shape index (κ3) is 4.13. The number of piperazine rings is 1. The number of hydrogen-bond acceptors (Lipinski definition) is 6. The average Bonchev–Trinajstić information content (AvgIpc) is 2.87. The lowest BCUT2D eigenvalue weighted by molar-refractivity contribution is 0.172. The molecule has 4 rings (SSSR count). The first-order valence-electron chi connectivity index (χ1n) is 10.8. The molecule has 0 spiro atoms. The van der Waals surface area contributed by atoms with E-state index in [9.17, 15) is 0 Å². The van der Waals surface area contributed by atoms with E-state index in [4.69, 9.17) is 9.47 Å². The summed E-state index contributed by atoms with van der Waals surface area (Å²) in [6, 6.07) is 13.8. The summed E-state index contributed by atoms with van der Waals surface area (Å²) < 4.78 is 11.2. The first-order valence-corrected chi connectivity index (χ1v) is 10.8. The van der Waals surface area contributed by atoms with Gasteiger partial charge in [-0.05, 0) is 61.3 Å². The van der Waals surface area contributed by atoms with E-state index in [1.165, 1.54) is 22.4 Å². The van der Waals surface area contributed by atoms with Crippen molar-refractivity contribution in [3.63, 3.8) is 0 Å². The number of fused-ring (bicyclic) bond motifs is 1. The monoisotopic (exact) mass is 410 g/mol. The van der Waals surface area contributed by atoms with Crippen LogP contribution in [0.1, 0.15) is 29.7 Å². The van der Waals surface area contributed by atoms with Crippen molar-refractivity contribution in [1.82, 2.24) is 15.3 Å². The number of anilines is 1. The Kier molecular flexibility index (Phi) is 6.18. The van der Waals surface area contributed by atoms with Crippen molar-refractivity contribution in [2.75, 3.05) is 59.4 Å². The Morgan fingerprint density at radius 1 is 0.900 bits per heavy atom. The van der Waals surface area contributed by atoms with Crippen molar-refractivity contribution in [3.8, 4) is 11.5 Å². The van der Waals surface area contributed by atoms with E-state index in [1.54, 1.807) is 14.2 Å². The minimum Gasteiger partial charge on any atom is -0.493 e. The van der Waals surface area contributed by atoms with Crippen LogP contribution < -0.4 is 19.8 Å². The van der Waals surface area contributed by atoms with Crippen LogP contribution in [-0.4, -0.2) is 70.4 Å². The molecule has 6 heteroatoms. The number of nitrogens with zero attached hydrogens (tertiary/aromatic N) is 3. The van der Waals surface area contributed by atoms with E-state index in [0.717, 1.165) is 44.1 Å². The Hall–Kier alpha value is -2.28. The number of nitrogens with one attached hydrogen (secondary N) is 1. The van der Waals surface area contributed by atoms with Gasteiger partial charge < -0.3 is 19.3 Å². The smallest absolute Gasteiger partial charge is 0.161 e. The summed E-state index contributed by atoms with van der Waals surface area (Å²) in [5.74, 6) is 1.57. The lowest BCUT2D eigenvalue weighted by Crippen LogP contribution is -2.44. The molecule has 2 unspecified atom stereocenters. The molecule has 162 valence electrons. The Balaban J connectivity index is 1.69. The molecule has 30 heavy (non-hydrogen) atoms. The zero-order chi connectivity index (χ0) is 21.3. The van der Waals surface area contributed by atoms with Gasteiger partial charge in [0, 0.05) is 45.0 Å². The third-order valence-corrected chi connectivity index (χ3v) is 6.35. The first-order chi connectivity index (χ1) is 14.5. The third-order valence-electron chi connectivity index (χ3n) is 6.35. The Labute approximate surface area is 180 Å². The second-order valence-corrected chi connectivity index (χ2v) is 8.54. The summed E-state index contributed by atoms with van der Waals surface area (Å²) in [4.78, 5) is 4.86. The van der Waals surface area contributed by atoms with E-state index in [-0.39, 0.29) is 6.04 Å². The maximum atomic E-state index is 5.62. The van der Waals surface area contributed by atoms with Crippen molar-refractivity contribution in [3.05, 3.63) is 53.1 Å². The number of benzene rings is 2. The minimum absolute atomic E-state index is 0.103. The number of rotatable bonds is 4. The van der Waals surface area contributed by atoms with Gasteiger partial charge in [-0.1, -0.05) is 12.1 Å². The van der Waals surface area contributed by atoms with Crippen LogP contribution in [-0.2, 0) is 6.42 Å². The standard InChI is InChI=1S/C24H34N4O2/c1-17-14-19-15-22(29-4)23(30-5)16-21(19)24(27(3)25-17)18-6-8-20(9-7-18)28-12-10-26(2)11-13-28/h6-9,15-17,24-25H,10-14H2,1-5H3. The van der Waals surface area contributed by atoms with Crippen molar-refractivity contribution < 1.29 is 9.47 Å². The van der Waals surface area contributed by atoms with Crippen molar-refractivity contribution in [2.24, 2.45) is 0 Å². The predicted octanol–water partition coefficient (Wildman–Crippen LogP) is 2.93. The highest BCUT2D eigenvalue weighted by molar-refractivity contribution is 5.53. The molecule has 0 aromatic heterocycles. The van der Waals surface area contributed by atoms with E-state index in [1.807, 2.05) is 0 Å². The molecule has 0 aliphatic carbocycles. The van der Waals surface area contributed by atoms with E-state index >= 15 is 0 Å². The Bertz CT molecular complexity index is 862. The van der Waals surface area contributed by atoms with Crippen LogP contribution in [0.2, 0.25) is 0 Å². The van der Waals surface area contributed by atoms with Crippen molar-refractivity contribution in [2.45, 2.75) is 25.4 Å². The Morgan fingerprint density at radius 2 is 1.53 bits per heavy atom. The molecule has 2 aliphatic heterocycles. The van der Waals surface area contributed by atoms with Crippen LogP contribution in [0.3, 0.4) is 0 Å². The highest BCUT2D eigenvalue weighted by Crippen LogP contribution is 2.39. The normalized spacial score (nSPS) is 23.0. The predicted molar refractivity (Wildman–Crippen MR) is 122 cm³/mol. The zero-order valence-corrected chi connectivity index (χ0v) is 18.8. The number of likely N-dealkylation sites (N-methyl/N-ethyl adjacent to an activating group) is 1. The van der Waals surface area contributed by atoms with Gasteiger partial charge in [0.1, 0.15) is 0 Å². The molecule has 0 radical (unpaired) electrons. The van der Waals surface area contributed by atoms with Crippen LogP contribution >= 0.6 is 0 Å². The molecule has 2 aliphatic rings. The second kappa shape index (κ2) is 8.84. The lowest BCUT2D eigenvalue weighted by Gasteiger charge is -2.34. The molecule has 0 bridgehead atoms. The number of ether oxygens (including phenoxy) is 2. The van der Waals surface area contributed by atoms with E-state index in [0.29, 0.717) is 6.04 Å². The van der Waals surface area contributed by atoms with Gasteiger partial charge in [-0.3, -0.25) is 5.43 Å². The molecule has 0 saturated carbocycles. The molecule has 6 nitrogen and oxygen atoms in total. The summed E-state index contributed by atoms with van der Waals surface area (Å²) in [5.41, 5.74) is 8.76. The largest absolute Gasteiger partial charge is 0.493 e. The van der Waals surface area contributed by atoms with E-state index < -0.39 is 0 Å². The maximum absolute atomic E-state index is 5.62. The molecule has 2 heterocycles. The highest BCUT2D eigenvalue weighted by Gasteiger charge is 2.29. The summed E-state index contributed by atoms with van der Waals surface area (Å²) >= 11 is 0. The number of hydrogen-bond donors (Lipinski definition) is 1. The van der Waals surface area contributed by atoms with Crippen molar-refractivity contribution in [1.29, 1.82) is 0 Å². The second-order valence-electron chi connectivity index (χ2n) is 8.54. The Morgan fingerprint density at radius 3 is 2.17 bits per heavy atom. The molecule has 1 saturated heterocycles. The van der Waals surface area contributed by atoms with Crippen LogP contribution in [0.4, 0.5) is 5.69 Å². The van der Waals surface area contributed by atoms with Gasteiger partial charge in [-0.25, -0.2) is 5.01 Å². The van der Waals surface area contributed by atoms with Crippen LogP contribution in [0.15, 0.2) is 36.4 Å². The number of hydrazine groups is 1. The summed E-state index contributed by atoms with van der Waals surface area (Å²) in [7, 11) is 7.72. The van der Waals surface area contributed by atoms with Gasteiger partial charge in [-0.2, -0.15) is 0 Å². The van der Waals surface area contributed by atoms with E-state index in [2.05, 4.69) is 77.7 Å². The maximum Gasteiger partial charge on any atom is 0.161 e. The molecule has 2 aromatic carbocycles. The fourth-order valence-corrected chi connectivity index (χ4v) is 4.71. The first kappa shape index (κ1) is 21.0. The lowest BCUT2D eigenvalue weighted by atomic mass is 9.91. The van der Waals surface area contributed by atoms with Gasteiger partial charge in [0.15, 0.2) is 11.5 Å². The average molecular weight is 411 g/mol. The van der Waals surface area contributed by atoms with Crippen molar-refractivity contribution >= 4 is 5.69 Å². The van der Waals surface area contributed by atoms with Gasteiger partial charge in [0.05, 0.1) is 20.3 Å². The molecule has 2 atom stereocenters. The van der Waals surface area contributed by atoms with Gasteiger partial charge >= 0.3 is 0 Å². The van der Waals surface area contributed by atoms with Crippen LogP contribution in [0.5, 0.6) is 11.5 Å². The molecule has 1 N–H and O–H groups in total. The molecule has 2 aromatic rings.